The standard InChI is InChI=1S/C20H26N6/c1-5-11-24(12-6-1)15-18-22-23-20-19(25-13-7-2-8-14-25)21-16-9-3-4-10-17(16)26(18)20/h3-4,9-10H,1-2,5-8,11-15H2. The molecule has 0 saturated carbocycles. The van der Waals surface area contributed by atoms with Crippen molar-refractivity contribution >= 4 is 22.5 Å². The molecular weight excluding hydrogens is 324 g/mol. The summed E-state index contributed by atoms with van der Waals surface area (Å²) in [6.45, 7) is 5.33. The zero-order chi connectivity index (χ0) is 17.3. The van der Waals surface area contributed by atoms with Crippen molar-refractivity contribution in [1.29, 1.82) is 0 Å². The highest BCUT2D eigenvalue weighted by Crippen LogP contribution is 2.27. The summed E-state index contributed by atoms with van der Waals surface area (Å²) in [6.07, 6.45) is 7.71. The number of benzene rings is 1. The minimum atomic E-state index is 0.870. The molecule has 3 aromatic rings. The lowest BCUT2D eigenvalue weighted by Crippen LogP contribution is -2.31. The van der Waals surface area contributed by atoms with Gasteiger partial charge in [0.1, 0.15) is 0 Å². The smallest absolute Gasteiger partial charge is 0.204 e. The fraction of sp³-hybridized carbons (Fsp3) is 0.550. The summed E-state index contributed by atoms with van der Waals surface area (Å²) in [5.74, 6) is 2.04. The van der Waals surface area contributed by atoms with Gasteiger partial charge in [-0.1, -0.05) is 18.6 Å². The molecule has 0 N–H and O–H groups in total. The summed E-state index contributed by atoms with van der Waals surface area (Å²) < 4.78 is 2.25. The van der Waals surface area contributed by atoms with E-state index in [1.807, 2.05) is 0 Å². The Morgan fingerprint density at radius 3 is 2.35 bits per heavy atom. The van der Waals surface area contributed by atoms with Crippen molar-refractivity contribution in [3.63, 3.8) is 0 Å². The van der Waals surface area contributed by atoms with Gasteiger partial charge in [-0.25, -0.2) is 4.98 Å². The van der Waals surface area contributed by atoms with Crippen molar-refractivity contribution in [2.45, 2.75) is 45.1 Å². The molecule has 0 amide bonds. The SMILES string of the molecule is c1ccc2c(c1)nc(N1CCCCC1)c1nnc(CN3CCCCC3)n12. The Morgan fingerprint density at radius 1 is 0.808 bits per heavy atom. The molecular formula is C20H26N6. The first-order chi connectivity index (χ1) is 12.9. The maximum Gasteiger partial charge on any atom is 0.204 e. The second-order valence-corrected chi connectivity index (χ2v) is 7.58. The lowest BCUT2D eigenvalue weighted by atomic mass is 10.1. The minimum Gasteiger partial charge on any atom is -0.353 e. The van der Waals surface area contributed by atoms with Gasteiger partial charge in [0.2, 0.25) is 5.65 Å². The molecule has 136 valence electrons. The number of rotatable bonds is 3. The molecule has 2 saturated heterocycles. The Morgan fingerprint density at radius 2 is 1.54 bits per heavy atom. The van der Waals surface area contributed by atoms with Gasteiger partial charge in [-0.2, -0.15) is 0 Å². The molecule has 2 aliphatic heterocycles. The van der Waals surface area contributed by atoms with Gasteiger partial charge >= 0.3 is 0 Å². The van der Waals surface area contributed by atoms with Gasteiger partial charge in [0, 0.05) is 13.1 Å². The molecule has 0 aliphatic carbocycles. The average molecular weight is 350 g/mol. The predicted molar refractivity (Wildman–Crippen MR) is 103 cm³/mol. The van der Waals surface area contributed by atoms with E-state index in [1.165, 1.54) is 38.5 Å². The van der Waals surface area contributed by atoms with Crippen LogP contribution in [0.5, 0.6) is 0 Å². The largest absolute Gasteiger partial charge is 0.353 e. The highest BCUT2D eigenvalue weighted by molar-refractivity contribution is 5.83. The van der Waals surface area contributed by atoms with Crippen molar-refractivity contribution in [2.24, 2.45) is 0 Å². The molecule has 0 spiro atoms. The summed E-state index contributed by atoms with van der Waals surface area (Å²) in [5.41, 5.74) is 3.05. The Kier molecular flexibility index (Phi) is 4.21. The Balaban J connectivity index is 1.63. The number of nitrogens with zero attached hydrogens (tertiary/aromatic N) is 6. The van der Waals surface area contributed by atoms with Gasteiger partial charge in [-0.3, -0.25) is 9.30 Å². The highest BCUT2D eigenvalue weighted by atomic mass is 15.3. The number of anilines is 1. The molecule has 6 nitrogen and oxygen atoms in total. The van der Waals surface area contributed by atoms with Gasteiger partial charge in [-0.05, 0) is 57.3 Å². The monoisotopic (exact) mass is 350 g/mol. The first-order valence-corrected chi connectivity index (χ1v) is 10.0. The van der Waals surface area contributed by atoms with E-state index in [-0.39, 0.29) is 0 Å². The third-order valence-corrected chi connectivity index (χ3v) is 5.75. The normalized spacial score (nSPS) is 19.5. The first kappa shape index (κ1) is 16.0. The molecule has 5 rings (SSSR count). The van der Waals surface area contributed by atoms with E-state index in [9.17, 15) is 0 Å². The third-order valence-electron chi connectivity index (χ3n) is 5.75. The minimum absolute atomic E-state index is 0.870. The third kappa shape index (κ3) is 2.82. The van der Waals surface area contributed by atoms with Gasteiger partial charge in [-0.15, -0.1) is 10.2 Å². The number of fused-ring (bicyclic) bond motifs is 3. The van der Waals surface area contributed by atoms with Crippen molar-refractivity contribution < 1.29 is 0 Å². The van der Waals surface area contributed by atoms with E-state index in [0.717, 1.165) is 61.0 Å². The topological polar surface area (TPSA) is 49.6 Å². The van der Waals surface area contributed by atoms with Gasteiger partial charge in [0.05, 0.1) is 17.6 Å². The van der Waals surface area contributed by atoms with Gasteiger partial charge in [0.15, 0.2) is 11.6 Å². The Hall–Kier alpha value is -2.21. The van der Waals surface area contributed by atoms with Crippen LogP contribution < -0.4 is 4.90 Å². The molecule has 2 fully saturated rings. The quantitative estimate of drug-likeness (QED) is 0.726. The van der Waals surface area contributed by atoms with E-state index in [0.29, 0.717) is 0 Å². The van der Waals surface area contributed by atoms with E-state index >= 15 is 0 Å². The van der Waals surface area contributed by atoms with Crippen LogP contribution in [-0.2, 0) is 6.54 Å². The van der Waals surface area contributed by atoms with Crippen LogP contribution in [0.15, 0.2) is 24.3 Å². The molecule has 0 atom stereocenters. The molecule has 1 aromatic carbocycles. The molecule has 2 aromatic heterocycles. The van der Waals surface area contributed by atoms with E-state index < -0.39 is 0 Å². The Bertz CT molecular complexity index is 905. The summed E-state index contributed by atoms with van der Waals surface area (Å²) in [4.78, 5) is 9.88. The second kappa shape index (κ2) is 6.83. The number of likely N-dealkylation sites (tertiary alicyclic amines) is 1. The summed E-state index contributed by atoms with van der Waals surface area (Å²) in [7, 11) is 0. The number of hydrogen-bond acceptors (Lipinski definition) is 5. The van der Waals surface area contributed by atoms with Crippen LogP contribution in [0.4, 0.5) is 5.82 Å². The first-order valence-electron chi connectivity index (χ1n) is 10.0. The molecule has 0 radical (unpaired) electrons. The zero-order valence-electron chi connectivity index (χ0n) is 15.3. The molecule has 4 heterocycles. The van der Waals surface area contributed by atoms with Crippen molar-refractivity contribution in [3.8, 4) is 0 Å². The molecule has 26 heavy (non-hydrogen) atoms. The van der Waals surface area contributed by atoms with Crippen LogP contribution >= 0.6 is 0 Å². The lowest BCUT2D eigenvalue weighted by Gasteiger charge is -2.28. The van der Waals surface area contributed by atoms with Crippen molar-refractivity contribution in [3.05, 3.63) is 30.1 Å². The second-order valence-electron chi connectivity index (χ2n) is 7.58. The maximum atomic E-state index is 4.98. The summed E-state index contributed by atoms with van der Waals surface area (Å²) in [5, 5.41) is 9.19. The molecule has 0 bridgehead atoms. The van der Waals surface area contributed by atoms with Crippen molar-refractivity contribution in [2.75, 3.05) is 31.1 Å². The Labute approximate surface area is 153 Å². The predicted octanol–water partition coefficient (Wildman–Crippen LogP) is 3.25. The van der Waals surface area contributed by atoms with Crippen LogP contribution in [0, 0.1) is 0 Å². The lowest BCUT2D eigenvalue weighted by molar-refractivity contribution is 0.215. The van der Waals surface area contributed by atoms with E-state index in [4.69, 9.17) is 4.98 Å². The number of aromatic nitrogens is 4. The van der Waals surface area contributed by atoms with E-state index in [1.54, 1.807) is 0 Å². The molecule has 0 unspecified atom stereocenters. The fourth-order valence-corrected chi connectivity index (χ4v) is 4.36. The summed E-state index contributed by atoms with van der Waals surface area (Å²) in [6, 6.07) is 8.38. The van der Waals surface area contributed by atoms with Crippen LogP contribution in [-0.4, -0.2) is 50.7 Å². The highest BCUT2D eigenvalue weighted by Gasteiger charge is 2.22. The van der Waals surface area contributed by atoms with Crippen LogP contribution in [0.3, 0.4) is 0 Å². The fourth-order valence-electron chi connectivity index (χ4n) is 4.36. The van der Waals surface area contributed by atoms with Crippen molar-refractivity contribution in [1.82, 2.24) is 24.5 Å². The maximum absolute atomic E-state index is 4.98. The van der Waals surface area contributed by atoms with Crippen LogP contribution in [0.1, 0.15) is 44.3 Å². The molecule has 2 aliphatic rings. The van der Waals surface area contributed by atoms with Gasteiger partial charge < -0.3 is 4.90 Å². The average Bonchev–Trinajstić information content (AvgIpc) is 3.13. The summed E-state index contributed by atoms with van der Waals surface area (Å²) >= 11 is 0. The zero-order valence-corrected chi connectivity index (χ0v) is 15.3. The van der Waals surface area contributed by atoms with Gasteiger partial charge in [0.25, 0.3) is 0 Å². The molecule has 6 heteroatoms. The number of hydrogen-bond donors (Lipinski definition) is 0. The number of para-hydroxylation sites is 2. The number of piperidine rings is 2. The van der Waals surface area contributed by atoms with E-state index in [2.05, 4.69) is 48.7 Å². The van der Waals surface area contributed by atoms with Crippen LogP contribution in [0.2, 0.25) is 0 Å². The van der Waals surface area contributed by atoms with Crippen LogP contribution in [0.25, 0.3) is 16.7 Å².